The molecule has 2 N–H and O–H groups in total. The van der Waals surface area contributed by atoms with Crippen LogP contribution in [0.25, 0.3) is 0 Å². The fraction of sp³-hybridized carbons (Fsp3) is 0.867. The molecule has 0 aromatic heterocycles. The van der Waals surface area contributed by atoms with E-state index in [1.165, 1.54) is 4.31 Å². The van der Waals surface area contributed by atoms with E-state index in [4.69, 9.17) is 0 Å². The Kier molecular flexibility index (Phi) is 7.01. The van der Waals surface area contributed by atoms with Gasteiger partial charge in [-0.1, -0.05) is 27.2 Å². The fourth-order valence-corrected chi connectivity index (χ4v) is 4.52. The normalized spacial score (nSPS) is 25.3. The topological polar surface area (TPSA) is 104 Å². The van der Waals surface area contributed by atoms with Crippen LogP contribution >= 0.6 is 0 Å². The number of amides is 1. The van der Waals surface area contributed by atoms with Gasteiger partial charge in [-0.3, -0.25) is 4.79 Å². The predicted octanol–water partition coefficient (Wildman–Crippen LogP) is 1.20. The summed E-state index contributed by atoms with van der Waals surface area (Å²) in [5.41, 5.74) is -1.33. The van der Waals surface area contributed by atoms with Crippen LogP contribution in [0, 0.1) is 5.92 Å². The monoisotopic (exact) mass is 348 g/mol. The average molecular weight is 348 g/mol. The zero-order valence-electron chi connectivity index (χ0n) is 14.2. The molecule has 1 amide bonds. The molecule has 0 radical (unpaired) electrons. The highest BCUT2D eigenvalue weighted by Crippen LogP contribution is 2.34. The number of rotatable bonds is 8. The van der Waals surface area contributed by atoms with E-state index < -0.39 is 33.2 Å². The molecule has 0 unspecified atom stereocenters. The van der Waals surface area contributed by atoms with Crippen LogP contribution in [0.5, 0.6) is 0 Å². The van der Waals surface area contributed by atoms with E-state index >= 15 is 0 Å². The first kappa shape index (κ1) is 19.9. The number of aliphatic carboxylic acids is 1. The molecular weight excluding hydrogens is 320 g/mol. The summed E-state index contributed by atoms with van der Waals surface area (Å²) in [5, 5.41) is 12.0. The zero-order valence-corrected chi connectivity index (χ0v) is 15.0. The van der Waals surface area contributed by atoms with Gasteiger partial charge in [-0.15, -0.1) is 0 Å². The molecule has 23 heavy (non-hydrogen) atoms. The Morgan fingerprint density at radius 3 is 2.09 bits per heavy atom. The van der Waals surface area contributed by atoms with Crippen molar-refractivity contribution in [2.24, 2.45) is 5.92 Å². The minimum Gasteiger partial charge on any atom is -0.480 e. The summed E-state index contributed by atoms with van der Waals surface area (Å²) in [7, 11) is -3.71. The number of sulfonamides is 1. The summed E-state index contributed by atoms with van der Waals surface area (Å²) in [5.74, 6) is -2.06. The van der Waals surface area contributed by atoms with Gasteiger partial charge >= 0.3 is 5.97 Å². The third-order valence-corrected chi connectivity index (χ3v) is 6.67. The van der Waals surface area contributed by atoms with Crippen molar-refractivity contribution in [3.63, 3.8) is 0 Å². The van der Waals surface area contributed by atoms with E-state index in [1.54, 1.807) is 13.8 Å². The molecule has 1 fully saturated rings. The minimum absolute atomic E-state index is 0.286. The molecule has 1 rings (SSSR count). The number of hydrogen-bond donors (Lipinski definition) is 2. The lowest BCUT2D eigenvalue weighted by Crippen LogP contribution is -2.57. The average Bonchev–Trinajstić information content (AvgIpc) is 2.47. The van der Waals surface area contributed by atoms with Crippen LogP contribution in [-0.2, 0) is 19.6 Å². The Labute approximate surface area is 138 Å². The Bertz CT molecular complexity index is 520. The molecule has 0 heterocycles. The quantitative estimate of drug-likeness (QED) is 0.686. The molecule has 0 aromatic rings. The highest BCUT2D eigenvalue weighted by molar-refractivity contribution is 7.89. The molecule has 0 saturated heterocycles. The van der Waals surface area contributed by atoms with Crippen LogP contribution in [0.2, 0.25) is 0 Å². The first-order chi connectivity index (χ1) is 10.7. The van der Waals surface area contributed by atoms with Gasteiger partial charge in [-0.05, 0) is 31.6 Å². The van der Waals surface area contributed by atoms with Crippen molar-refractivity contribution in [1.29, 1.82) is 0 Å². The smallest absolute Gasteiger partial charge is 0.329 e. The van der Waals surface area contributed by atoms with E-state index in [9.17, 15) is 23.1 Å². The molecule has 134 valence electrons. The van der Waals surface area contributed by atoms with Crippen LogP contribution in [-0.4, -0.2) is 54.1 Å². The van der Waals surface area contributed by atoms with E-state index in [2.05, 4.69) is 12.2 Å². The van der Waals surface area contributed by atoms with Crippen LogP contribution in [0.15, 0.2) is 0 Å². The fourth-order valence-electron chi connectivity index (χ4n) is 3.15. The summed E-state index contributed by atoms with van der Waals surface area (Å²) < 4.78 is 25.5. The first-order valence-electron chi connectivity index (χ1n) is 8.23. The lowest BCUT2D eigenvalue weighted by molar-refractivity contribution is -0.149. The van der Waals surface area contributed by atoms with Crippen LogP contribution in [0.4, 0.5) is 0 Å². The van der Waals surface area contributed by atoms with E-state index in [1.807, 2.05) is 0 Å². The van der Waals surface area contributed by atoms with Crippen molar-refractivity contribution >= 4 is 21.9 Å². The number of nitrogens with zero attached hydrogens (tertiary/aromatic N) is 1. The van der Waals surface area contributed by atoms with Crippen molar-refractivity contribution in [2.45, 2.75) is 58.4 Å². The highest BCUT2D eigenvalue weighted by atomic mass is 32.2. The van der Waals surface area contributed by atoms with Crippen molar-refractivity contribution in [1.82, 2.24) is 9.62 Å². The largest absolute Gasteiger partial charge is 0.480 e. The summed E-state index contributed by atoms with van der Waals surface area (Å²) in [6, 6.07) is 0. The van der Waals surface area contributed by atoms with Crippen molar-refractivity contribution in [3.05, 3.63) is 0 Å². The summed E-state index contributed by atoms with van der Waals surface area (Å²) in [6.45, 7) is 6.03. The first-order valence-corrected chi connectivity index (χ1v) is 9.83. The molecule has 0 aromatic carbocycles. The molecule has 0 bridgehead atoms. The van der Waals surface area contributed by atoms with Crippen molar-refractivity contribution < 1.29 is 23.1 Å². The van der Waals surface area contributed by atoms with E-state index in [0.29, 0.717) is 18.8 Å². The number of nitrogens with one attached hydrogen (secondary N) is 1. The molecular formula is C15H28N2O5S. The van der Waals surface area contributed by atoms with Gasteiger partial charge in [0.25, 0.3) is 0 Å². The van der Waals surface area contributed by atoms with Gasteiger partial charge in [0.15, 0.2) is 0 Å². The number of hydrogen-bond acceptors (Lipinski definition) is 4. The van der Waals surface area contributed by atoms with Crippen LogP contribution in [0.3, 0.4) is 0 Å². The van der Waals surface area contributed by atoms with Crippen molar-refractivity contribution in [2.75, 3.05) is 18.8 Å². The van der Waals surface area contributed by atoms with E-state index in [-0.39, 0.29) is 13.1 Å². The van der Waals surface area contributed by atoms with Gasteiger partial charge in [0.2, 0.25) is 15.9 Å². The maximum atomic E-state index is 12.1. The van der Waals surface area contributed by atoms with Crippen LogP contribution < -0.4 is 5.32 Å². The molecule has 1 aliphatic rings. The SMILES string of the molecule is CCC1CCC(NC(=O)CS(=O)(=O)N(CC)CC)(C(=O)O)CC1. The standard InChI is InChI=1S/C15H28N2O5S/c1-4-12-7-9-15(10-8-12,14(19)20)16-13(18)11-23(21,22)17(5-2)6-3/h12H,4-11H2,1-3H3,(H,16,18)(H,19,20). The molecule has 0 spiro atoms. The Hall–Kier alpha value is -1.15. The third kappa shape index (κ3) is 4.91. The zero-order chi connectivity index (χ0) is 17.7. The lowest BCUT2D eigenvalue weighted by atomic mass is 9.75. The predicted molar refractivity (Wildman–Crippen MR) is 87.5 cm³/mol. The maximum absolute atomic E-state index is 12.1. The summed E-state index contributed by atoms with van der Waals surface area (Å²) in [6.07, 6.45) is 3.13. The molecule has 8 heteroatoms. The van der Waals surface area contributed by atoms with Gasteiger partial charge in [0, 0.05) is 13.1 Å². The number of carboxylic acids is 1. The molecule has 1 aliphatic carbocycles. The Morgan fingerprint density at radius 2 is 1.70 bits per heavy atom. The lowest BCUT2D eigenvalue weighted by Gasteiger charge is -2.37. The number of carbonyl (C=O) groups is 2. The molecule has 7 nitrogen and oxygen atoms in total. The van der Waals surface area contributed by atoms with E-state index in [0.717, 1.165) is 19.3 Å². The van der Waals surface area contributed by atoms with Crippen LogP contribution in [0.1, 0.15) is 52.9 Å². The van der Waals surface area contributed by atoms with Gasteiger partial charge in [0.1, 0.15) is 11.3 Å². The summed E-state index contributed by atoms with van der Waals surface area (Å²) >= 11 is 0. The molecule has 0 atom stereocenters. The van der Waals surface area contributed by atoms with Crippen molar-refractivity contribution in [3.8, 4) is 0 Å². The maximum Gasteiger partial charge on any atom is 0.329 e. The number of carboxylic acid groups (broad SMARTS) is 1. The second-order valence-corrected chi connectivity index (χ2v) is 8.10. The molecule has 1 saturated carbocycles. The number of carbonyl (C=O) groups excluding carboxylic acids is 1. The second-order valence-electron chi connectivity index (χ2n) is 6.13. The highest BCUT2D eigenvalue weighted by Gasteiger charge is 2.43. The van der Waals surface area contributed by atoms with Gasteiger partial charge in [0.05, 0.1) is 0 Å². The summed E-state index contributed by atoms with van der Waals surface area (Å²) in [4.78, 5) is 23.8. The van der Waals surface area contributed by atoms with Gasteiger partial charge < -0.3 is 10.4 Å². The van der Waals surface area contributed by atoms with Gasteiger partial charge in [-0.2, -0.15) is 0 Å². The molecule has 0 aliphatic heterocycles. The third-order valence-electron chi connectivity index (χ3n) is 4.74. The Balaban J connectivity index is 2.79. The minimum atomic E-state index is -3.71. The Morgan fingerprint density at radius 1 is 1.17 bits per heavy atom. The second kappa shape index (κ2) is 8.10. The van der Waals surface area contributed by atoms with Gasteiger partial charge in [-0.25, -0.2) is 17.5 Å².